The fourth-order valence-corrected chi connectivity index (χ4v) is 1.63. The van der Waals surface area contributed by atoms with Crippen LogP contribution >= 0.6 is 0 Å². The van der Waals surface area contributed by atoms with Gasteiger partial charge in [-0.1, -0.05) is 0 Å². The Kier molecular flexibility index (Phi) is 2.63. The molecule has 14 heavy (non-hydrogen) atoms. The summed E-state index contributed by atoms with van der Waals surface area (Å²) in [7, 11) is 0. The smallest absolute Gasteiger partial charge is 0.235 e. The van der Waals surface area contributed by atoms with Crippen LogP contribution in [0.2, 0.25) is 0 Å². The second kappa shape index (κ2) is 3.92. The number of aromatic nitrogens is 2. The Morgan fingerprint density at radius 2 is 2.14 bits per heavy atom. The maximum Gasteiger partial charge on any atom is 0.235 e. The van der Waals surface area contributed by atoms with E-state index >= 15 is 0 Å². The van der Waals surface area contributed by atoms with Gasteiger partial charge in [-0.3, -0.25) is 4.98 Å². The molecule has 0 aliphatic heterocycles. The van der Waals surface area contributed by atoms with Crippen LogP contribution < -0.4 is 10.5 Å². The van der Waals surface area contributed by atoms with E-state index in [9.17, 15) is 0 Å². The van der Waals surface area contributed by atoms with E-state index in [1.165, 1.54) is 0 Å². The van der Waals surface area contributed by atoms with Crippen molar-refractivity contribution in [1.29, 1.82) is 0 Å². The summed E-state index contributed by atoms with van der Waals surface area (Å²) in [6.45, 7) is 2.67. The third-order valence-electron chi connectivity index (χ3n) is 2.64. The molecule has 76 valence electrons. The molecule has 4 heteroatoms. The van der Waals surface area contributed by atoms with Crippen molar-refractivity contribution in [2.75, 3.05) is 6.54 Å². The van der Waals surface area contributed by atoms with E-state index in [1.807, 2.05) is 6.92 Å². The highest BCUT2D eigenvalue weighted by Gasteiger charge is 2.30. The maximum atomic E-state index is 5.68. The van der Waals surface area contributed by atoms with Gasteiger partial charge in [-0.05, 0) is 32.2 Å². The van der Waals surface area contributed by atoms with Gasteiger partial charge in [0.05, 0.1) is 5.69 Å². The second-order valence-electron chi connectivity index (χ2n) is 3.76. The lowest BCUT2D eigenvalue weighted by Gasteiger charge is -2.34. The lowest BCUT2D eigenvalue weighted by Crippen LogP contribution is -2.38. The third-order valence-corrected chi connectivity index (χ3v) is 2.64. The molecular weight excluding hydrogens is 178 g/mol. The first-order chi connectivity index (χ1) is 6.79. The number of nitrogens with zero attached hydrogens (tertiary/aromatic N) is 2. The average Bonchev–Trinajstić information content (AvgIpc) is 2.13. The Morgan fingerprint density at radius 1 is 1.43 bits per heavy atom. The van der Waals surface area contributed by atoms with Gasteiger partial charge in [0.1, 0.15) is 6.10 Å². The molecule has 0 spiro atoms. The normalized spacial score (nSPS) is 25.6. The van der Waals surface area contributed by atoms with Crippen LogP contribution in [0.15, 0.2) is 12.4 Å². The van der Waals surface area contributed by atoms with Crippen molar-refractivity contribution >= 4 is 0 Å². The quantitative estimate of drug-likeness (QED) is 0.774. The number of hydrogen-bond acceptors (Lipinski definition) is 4. The minimum absolute atomic E-state index is 0.291. The Balaban J connectivity index is 1.90. The molecule has 0 bridgehead atoms. The molecule has 4 nitrogen and oxygen atoms in total. The largest absolute Gasteiger partial charge is 0.473 e. The zero-order chi connectivity index (χ0) is 9.97. The van der Waals surface area contributed by atoms with Crippen molar-refractivity contribution in [3.05, 3.63) is 18.1 Å². The summed E-state index contributed by atoms with van der Waals surface area (Å²) in [6.07, 6.45) is 5.71. The van der Waals surface area contributed by atoms with Crippen molar-refractivity contribution in [2.24, 2.45) is 11.7 Å². The minimum atomic E-state index is 0.291. The molecule has 1 aromatic heterocycles. The van der Waals surface area contributed by atoms with Crippen LogP contribution in [0, 0.1) is 12.8 Å². The first kappa shape index (κ1) is 9.40. The molecule has 0 aromatic carbocycles. The molecule has 1 heterocycles. The van der Waals surface area contributed by atoms with Crippen LogP contribution in [0.3, 0.4) is 0 Å². The van der Waals surface area contributed by atoms with E-state index in [2.05, 4.69) is 9.97 Å². The van der Waals surface area contributed by atoms with E-state index in [4.69, 9.17) is 10.5 Å². The highest BCUT2D eigenvalue weighted by atomic mass is 16.5. The van der Waals surface area contributed by atoms with Crippen LogP contribution in [0.1, 0.15) is 18.5 Å². The third kappa shape index (κ3) is 1.85. The van der Waals surface area contributed by atoms with Gasteiger partial charge >= 0.3 is 0 Å². The lowest BCUT2D eigenvalue weighted by molar-refractivity contribution is 0.0637. The summed E-state index contributed by atoms with van der Waals surface area (Å²) in [5.74, 6) is 1.30. The molecule has 1 aliphatic rings. The predicted molar refractivity (Wildman–Crippen MR) is 53.0 cm³/mol. The van der Waals surface area contributed by atoms with Gasteiger partial charge in [0.2, 0.25) is 5.88 Å². The van der Waals surface area contributed by atoms with Gasteiger partial charge in [0, 0.05) is 12.4 Å². The molecule has 0 radical (unpaired) electrons. The zero-order valence-electron chi connectivity index (χ0n) is 8.31. The molecule has 2 rings (SSSR count). The Hall–Kier alpha value is -1.16. The Morgan fingerprint density at radius 3 is 2.79 bits per heavy atom. The van der Waals surface area contributed by atoms with Gasteiger partial charge in [-0.15, -0.1) is 0 Å². The number of nitrogens with two attached hydrogens (primary N) is 1. The summed E-state index contributed by atoms with van der Waals surface area (Å²) >= 11 is 0. The standard InChI is InChI=1S/C10H15N3O/c1-7-10(13-3-2-12-7)14-9-4-8(5-9)6-11/h2-3,8-9H,4-6,11H2,1H3. The topological polar surface area (TPSA) is 61.0 Å². The van der Waals surface area contributed by atoms with Crippen LogP contribution in [-0.2, 0) is 0 Å². The van der Waals surface area contributed by atoms with E-state index in [-0.39, 0.29) is 0 Å². The lowest BCUT2D eigenvalue weighted by atomic mass is 9.82. The van der Waals surface area contributed by atoms with Gasteiger partial charge in [-0.25, -0.2) is 4.98 Å². The zero-order valence-corrected chi connectivity index (χ0v) is 8.31. The van der Waals surface area contributed by atoms with Crippen LogP contribution in [0.5, 0.6) is 5.88 Å². The highest BCUT2D eigenvalue weighted by molar-refractivity contribution is 5.15. The molecule has 1 aliphatic carbocycles. The van der Waals surface area contributed by atoms with Gasteiger partial charge < -0.3 is 10.5 Å². The number of aryl methyl sites for hydroxylation is 1. The van der Waals surface area contributed by atoms with Crippen molar-refractivity contribution < 1.29 is 4.74 Å². The van der Waals surface area contributed by atoms with Crippen LogP contribution in [0.4, 0.5) is 0 Å². The van der Waals surface area contributed by atoms with E-state index in [0.717, 1.165) is 25.1 Å². The minimum Gasteiger partial charge on any atom is -0.473 e. The summed E-state index contributed by atoms with van der Waals surface area (Å²) < 4.78 is 5.68. The summed E-state index contributed by atoms with van der Waals surface area (Å²) in [5.41, 5.74) is 6.39. The summed E-state index contributed by atoms with van der Waals surface area (Å²) in [5, 5.41) is 0. The highest BCUT2D eigenvalue weighted by Crippen LogP contribution is 2.30. The SMILES string of the molecule is Cc1nccnc1OC1CC(CN)C1. The molecule has 0 amide bonds. The molecule has 2 N–H and O–H groups in total. The molecule has 0 saturated heterocycles. The predicted octanol–water partition coefficient (Wildman–Crippen LogP) is 0.901. The fraction of sp³-hybridized carbons (Fsp3) is 0.600. The molecule has 0 atom stereocenters. The summed E-state index contributed by atoms with van der Waals surface area (Å²) in [6, 6.07) is 0. The first-order valence-electron chi connectivity index (χ1n) is 4.94. The van der Waals surface area contributed by atoms with E-state index in [1.54, 1.807) is 12.4 Å². The molecule has 1 aromatic rings. The van der Waals surface area contributed by atoms with Crippen molar-refractivity contribution in [3.63, 3.8) is 0 Å². The molecular formula is C10H15N3O. The van der Waals surface area contributed by atoms with E-state index in [0.29, 0.717) is 17.9 Å². The Labute approximate surface area is 83.5 Å². The number of ether oxygens (including phenoxy) is 1. The van der Waals surface area contributed by atoms with Crippen molar-refractivity contribution in [2.45, 2.75) is 25.9 Å². The van der Waals surface area contributed by atoms with Crippen LogP contribution in [0.25, 0.3) is 0 Å². The number of hydrogen-bond donors (Lipinski definition) is 1. The Bertz CT molecular complexity index is 310. The number of rotatable bonds is 3. The maximum absolute atomic E-state index is 5.68. The average molecular weight is 193 g/mol. The van der Waals surface area contributed by atoms with Crippen molar-refractivity contribution in [3.8, 4) is 5.88 Å². The van der Waals surface area contributed by atoms with Crippen molar-refractivity contribution in [1.82, 2.24) is 9.97 Å². The van der Waals surface area contributed by atoms with Gasteiger partial charge in [0.15, 0.2) is 0 Å². The summed E-state index contributed by atoms with van der Waals surface area (Å²) in [4.78, 5) is 8.25. The monoisotopic (exact) mass is 193 g/mol. The van der Waals surface area contributed by atoms with Gasteiger partial charge in [-0.2, -0.15) is 0 Å². The van der Waals surface area contributed by atoms with E-state index < -0.39 is 0 Å². The molecule has 1 fully saturated rings. The first-order valence-corrected chi connectivity index (χ1v) is 4.94. The van der Waals surface area contributed by atoms with Crippen LogP contribution in [-0.4, -0.2) is 22.6 Å². The molecule has 0 unspecified atom stereocenters. The second-order valence-corrected chi connectivity index (χ2v) is 3.76. The fourth-order valence-electron chi connectivity index (χ4n) is 1.63. The molecule has 1 saturated carbocycles. The van der Waals surface area contributed by atoms with Gasteiger partial charge in [0.25, 0.3) is 0 Å².